The van der Waals surface area contributed by atoms with Gasteiger partial charge in [-0.3, -0.25) is 4.72 Å². The van der Waals surface area contributed by atoms with Gasteiger partial charge in [-0.05, 0) is 58.2 Å². The molecular weight excluding hydrogens is 420 g/mol. The van der Waals surface area contributed by atoms with E-state index in [9.17, 15) is 8.42 Å². The maximum Gasteiger partial charge on any atom is 0.263 e. The van der Waals surface area contributed by atoms with Crippen molar-refractivity contribution in [2.24, 2.45) is 5.73 Å². The average molecular weight is 434 g/mol. The van der Waals surface area contributed by atoms with Crippen LogP contribution < -0.4 is 10.5 Å². The van der Waals surface area contributed by atoms with Gasteiger partial charge in [0.25, 0.3) is 10.0 Å². The molecule has 2 aromatic carbocycles. The first-order valence-electron chi connectivity index (χ1n) is 6.11. The second-order valence-electron chi connectivity index (χ2n) is 4.49. The molecule has 0 heterocycles. The summed E-state index contributed by atoms with van der Waals surface area (Å²) in [6.07, 6.45) is 0. The summed E-state index contributed by atoms with van der Waals surface area (Å²) in [7, 11) is -3.69. The third kappa shape index (κ3) is 3.66. The molecule has 2 rings (SSSR count). The Labute approximate surface area is 141 Å². The molecule has 21 heavy (non-hydrogen) atoms. The first kappa shape index (κ1) is 16.5. The lowest BCUT2D eigenvalue weighted by Crippen LogP contribution is -2.15. The quantitative estimate of drug-likeness (QED) is 0.770. The molecule has 2 aromatic rings. The molecule has 3 N–H and O–H groups in total. The summed E-state index contributed by atoms with van der Waals surface area (Å²) in [5.74, 6) is 0. The number of hydrogen-bond donors (Lipinski definition) is 2. The van der Waals surface area contributed by atoms with E-state index in [2.05, 4.69) is 36.6 Å². The molecular formula is C14H14Br2N2O2S. The van der Waals surface area contributed by atoms with Crippen molar-refractivity contribution in [2.75, 3.05) is 4.72 Å². The van der Waals surface area contributed by atoms with E-state index in [0.29, 0.717) is 10.2 Å². The molecule has 0 saturated carbocycles. The third-order valence-electron chi connectivity index (χ3n) is 3.03. The van der Waals surface area contributed by atoms with Crippen LogP contribution in [0.3, 0.4) is 0 Å². The van der Waals surface area contributed by atoms with E-state index >= 15 is 0 Å². The standard InChI is InChI=1S/C14H14Br2N2O2S/c1-9-11(15)3-2-4-13(9)18-21(19,20)14-7-10(8-17)5-6-12(14)16/h2-7,18H,8,17H2,1H3. The molecule has 0 bridgehead atoms. The maximum absolute atomic E-state index is 12.6. The molecule has 112 valence electrons. The summed E-state index contributed by atoms with van der Waals surface area (Å²) < 4.78 is 29.1. The molecule has 7 heteroatoms. The third-order valence-corrected chi connectivity index (χ3v) is 6.25. The van der Waals surface area contributed by atoms with Gasteiger partial charge in [0.15, 0.2) is 0 Å². The number of benzene rings is 2. The molecule has 0 unspecified atom stereocenters. The Morgan fingerprint density at radius 2 is 1.86 bits per heavy atom. The van der Waals surface area contributed by atoms with Crippen molar-refractivity contribution in [3.05, 3.63) is 56.5 Å². The van der Waals surface area contributed by atoms with Gasteiger partial charge in [-0.15, -0.1) is 0 Å². The largest absolute Gasteiger partial charge is 0.326 e. The van der Waals surface area contributed by atoms with Crippen molar-refractivity contribution < 1.29 is 8.42 Å². The summed E-state index contributed by atoms with van der Waals surface area (Å²) in [5.41, 5.74) is 7.69. The summed E-state index contributed by atoms with van der Waals surface area (Å²) in [5, 5.41) is 0. The van der Waals surface area contributed by atoms with Gasteiger partial charge in [-0.25, -0.2) is 8.42 Å². The number of nitrogens with two attached hydrogens (primary N) is 1. The topological polar surface area (TPSA) is 72.2 Å². The first-order chi connectivity index (χ1) is 9.85. The van der Waals surface area contributed by atoms with E-state index in [1.54, 1.807) is 30.3 Å². The number of anilines is 1. The summed E-state index contributed by atoms with van der Waals surface area (Å²) in [6, 6.07) is 10.4. The van der Waals surface area contributed by atoms with Crippen molar-refractivity contribution in [3.63, 3.8) is 0 Å². The zero-order valence-corrected chi connectivity index (χ0v) is 15.2. The fourth-order valence-electron chi connectivity index (χ4n) is 1.80. The van der Waals surface area contributed by atoms with Gasteiger partial charge >= 0.3 is 0 Å². The molecule has 0 aliphatic rings. The van der Waals surface area contributed by atoms with E-state index in [4.69, 9.17) is 5.73 Å². The van der Waals surface area contributed by atoms with Gasteiger partial charge in [0.1, 0.15) is 4.90 Å². The molecule has 0 spiro atoms. The molecule has 4 nitrogen and oxygen atoms in total. The van der Waals surface area contributed by atoms with Crippen LogP contribution in [0.1, 0.15) is 11.1 Å². The van der Waals surface area contributed by atoms with Crippen molar-refractivity contribution in [1.29, 1.82) is 0 Å². The summed E-state index contributed by atoms with van der Waals surface area (Å²) in [6.45, 7) is 2.12. The highest BCUT2D eigenvalue weighted by Gasteiger charge is 2.19. The van der Waals surface area contributed by atoms with Gasteiger partial charge in [0, 0.05) is 15.5 Å². The van der Waals surface area contributed by atoms with Crippen molar-refractivity contribution in [1.82, 2.24) is 0 Å². The van der Waals surface area contributed by atoms with Crippen LogP contribution in [-0.4, -0.2) is 8.42 Å². The number of sulfonamides is 1. The fourth-order valence-corrected chi connectivity index (χ4v) is 4.30. The van der Waals surface area contributed by atoms with Crippen molar-refractivity contribution >= 4 is 47.6 Å². The minimum Gasteiger partial charge on any atom is -0.326 e. The van der Waals surface area contributed by atoms with Crippen molar-refractivity contribution in [2.45, 2.75) is 18.4 Å². The lowest BCUT2D eigenvalue weighted by Gasteiger charge is -2.13. The summed E-state index contributed by atoms with van der Waals surface area (Å²) >= 11 is 6.66. The fraction of sp³-hybridized carbons (Fsp3) is 0.143. The number of rotatable bonds is 4. The van der Waals surface area contributed by atoms with Crippen LogP contribution in [0.15, 0.2) is 50.2 Å². The van der Waals surface area contributed by atoms with Gasteiger partial charge in [-0.2, -0.15) is 0 Å². The summed E-state index contributed by atoms with van der Waals surface area (Å²) in [4.78, 5) is 0.171. The molecule has 0 radical (unpaired) electrons. The highest BCUT2D eigenvalue weighted by atomic mass is 79.9. The SMILES string of the molecule is Cc1c(Br)cccc1NS(=O)(=O)c1cc(CN)ccc1Br. The number of halogens is 2. The molecule has 0 saturated heterocycles. The van der Waals surface area contributed by atoms with E-state index < -0.39 is 10.0 Å². The lowest BCUT2D eigenvalue weighted by atomic mass is 10.2. The Kier molecular flexibility index (Phi) is 5.08. The van der Waals surface area contributed by atoms with Gasteiger partial charge in [0.2, 0.25) is 0 Å². The molecule has 0 aromatic heterocycles. The zero-order chi connectivity index (χ0) is 15.6. The normalized spacial score (nSPS) is 11.4. The molecule has 0 aliphatic heterocycles. The second kappa shape index (κ2) is 6.48. The highest BCUT2D eigenvalue weighted by Crippen LogP contribution is 2.29. The Hall–Kier alpha value is -0.890. The minimum absolute atomic E-state index is 0.171. The van der Waals surface area contributed by atoms with E-state index in [1.165, 1.54) is 0 Å². The van der Waals surface area contributed by atoms with E-state index in [0.717, 1.165) is 15.6 Å². The predicted octanol–water partition coefficient (Wildman–Crippen LogP) is 3.78. The molecule has 0 fully saturated rings. The van der Waals surface area contributed by atoms with Crippen molar-refractivity contribution in [3.8, 4) is 0 Å². The Bertz CT molecular complexity index is 777. The van der Waals surface area contributed by atoms with Crippen LogP contribution >= 0.6 is 31.9 Å². The second-order valence-corrected chi connectivity index (χ2v) is 7.85. The zero-order valence-electron chi connectivity index (χ0n) is 11.2. The number of nitrogens with one attached hydrogen (secondary N) is 1. The smallest absolute Gasteiger partial charge is 0.263 e. The predicted molar refractivity (Wildman–Crippen MR) is 91.7 cm³/mol. The average Bonchev–Trinajstić information content (AvgIpc) is 2.44. The van der Waals surface area contributed by atoms with Gasteiger partial charge in [-0.1, -0.05) is 28.1 Å². The van der Waals surface area contributed by atoms with Crippen LogP contribution in [0.4, 0.5) is 5.69 Å². The van der Waals surface area contributed by atoms with E-state index in [-0.39, 0.29) is 11.4 Å². The van der Waals surface area contributed by atoms with Gasteiger partial charge < -0.3 is 5.73 Å². The Balaban J connectivity index is 2.46. The molecule has 0 atom stereocenters. The van der Waals surface area contributed by atoms with Crippen LogP contribution in [0.25, 0.3) is 0 Å². The molecule has 0 amide bonds. The van der Waals surface area contributed by atoms with Crippen LogP contribution in [0.2, 0.25) is 0 Å². The Morgan fingerprint density at radius 1 is 1.14 bits per heavy atom. The maximum atomic E-state index is 12.6. The molecule has 0 aliphatic carbocycles. The lowest BCUT2D eigenvalue weighted by molar-refractivity contribution is 0.600. The van der Waals surface area contributed by atoms with Gasteiger partial charge in [0.05, 0.1) is 5.69 Å². The van der Waals surface area contributed by atoms with Crippen LogP contribution in [-0.2, 0) is 16.6 Å². The monoisotopic (exact) mass is 432 g/mol. The van der Waals surface area contributed by atoms with Crippen LogP contribution in [0, 0.1) is 6.92 Å². The first-order valence-corrected chi connectivity index (χ1v) is 9.18. The minimum atomic E-state index is -3.69. The highest BCUT2D eigenvalue weighted by molar-refractivity contribution is 9.10. The number of hydrogen-bond acceptors (Lipinski definition) is 3. The van der Waals surface area contributed by atoms with Crippen LogP contribution in [0.5, 0.6) is 0 Å². The Morgan fingerprint density at radius 3 is 2.52 bits per heavy atom. The van der Waals surface area contributed by atoms with E-state index in [1.807, 2.05) is 13.0 Å².